The van der Waals surface area contributed by atoms with E-state index in [-0.39, 0.29) is 24.1 Å². The maximum atomic E-state index is 13.2. The molecular weight excluding hydrogens is 385 g/mol. The van der Waals surface area contributed by atoms with Crippen LogP contribution < -0.4 is 4.90 Å². The summed E-state index contributed by atoms with van der Waals surface area (Å²) in [6, 6.07) is 15.8. The van der Waals surface area contributed by atoms with Crippen molar-refractivity contribution < 1.29 is 9.18 Å². The highest BCUT2D eigenvalue weighted by molar-refractivity contribution is 8.03. The van der Waals surface area contributed by atoms with E-state index in [1.807, 2.05) is 23.1 Å². The summed E-state index contributed by atoms with van der Waals surface area (Å²) < 4.78 is 13.2. The van der Waals surface area contributed by atoms with Gasteiger partial charge < -0.3 is 4.90 Å². The maximum Gasteiger partial charge on any atom is 0.229 e. The number of fused-ring (bicyclic) bond motifs is 1. The van der Waals surface area contributed by atoms with Gasteiger partial charge in [0.1, 0.15) is 5.82 Å². The van der Waals surface area contributed by atoms with E-state index in [1.54, 1.807) is 23.1 Å². The highest BCUT2D eigenvalue weighted by Gasteiger charge is 2.38. The van der Waals surface area contributed by atoms with Crippen molar-refractivity contribution in [1.82, 2.24) is 4.90 Å². The number of hydrogen-bond acceptors (Lipinski definition) is 4. The van der Waals surface area contributed by atoms with Gasteiger partial charge in [0.15, 0.2) is 0 Å². The van der Waals surface area contributed by atoms with Crippen LogP contribution in [0, 0.1) is 17.1 Å². The molecule has 4 rings (SSSR count). The topological polar surface area (TPSA) is 47.3 Å². The molecular formula is C20H15ClFN3OS. The van der Waals surface area contributed by atoms with Crippen molar-refractivity contribution in [1.29, 1.82) is 5.26 Å². The summed E-state index contributed by atoms with van der Waals surface area (Å²) in [5.41, 5.74) is 2.28. The summed E-state index contributed by atoms with van der Waals surface area (Å²) in [6.45, 7) is 0.378. The van der Waals surface area contributed by atoms with Crippen LogP contribution in [-0.4, -0.2) is 23.4 Å². The molecule has 0 N–H and O–H groups in total. The number of carbonyl (C=O) groups excluding carboxylic acids is 1. The number of amides is 1. The SMILES string of the molecule is N#CC1=C2SCN(c3cccc(Cl)c3)CN2C(=O)C[C@@H]1c1ccc(F)cc1. The molecule has 1 atom stereocenters. The van der Waals surface area contributed by atoms with E-state index in [4.69, 9.17) is 11.6 Å². The normalized spacial score (nSPS) is 19.7. The third-order valence-electron chi connectivity index (χ3n) is 4.74. The second-order valence-corrected chi connectivity index (χ2v) is 7.77. The quantitative estimate of drug-likeness (QED) is 0.734. The van der Waals surface area contributed by atoms with Gasteiger partial charge in [-0.15, -0.1) is 0 Å². The standard InChI is InChI=1S/C20H15ClFN3OS/c21-14-2-1-3-16(8-14)24-11-25-19(26)9-17(13-4-6-15(22)7-5-13)18(10-23)20(25)27-12-24/h1-8,17H,9,11-12H2/t17-/m1/s1. The van der Waals surface area contributed by atoms with E-state index in [2.05, 4.69) is 6.07 Å². The Labute approximate surface area is 165 Å². The first-order valence-corrected chi connectivity index (χ1v) is 9.76. The van der Waals surface area contributed by atoms with Crippen molar-refractivity contribution in [2.75, 3.05) is 17.4 Å². The number of hydrogen-bond donors (Lipinski definition) is 0. The highest BCUT2D eigenvalue weighted by atomic mass is 35.5. The van der Waals surface area contributed by atoms with Gasteiger partial charge in [0.05, 0.1) is 29.2 Å². The minimum absolute atomic E-state index is 0.0439. The first kappa shape index (κ1) is 17.9. The second kappa shape index (κ2) is 7.26. The summed E-state index contributed by atoms with van der Waals surface area (Å²) in [5.74, 6) is -0.101. The van der Waals surface area contributed by atoms with E-state index in [9.17, 15) is 14.4 Å². The summed E-state index contributed by atoms with van der Waals surface area (Å²) in [5, 5.41) is 11.1. The summed E-state index contributed by atoms with van der Waals surface area (Å²) in [4.78, 5) is 16.5. The molecule has 0 aliphatic carbocycles. The first-order chi connectivity index (χ1) is 13.1. The molecule has 2 aliphatic rings. The molecule has 136 valence electrons. The monoisotopic (exact) mass is 399 g/mol. The molecule has 2 heterocycles. The second-order valence-electron chi connectivity index (χ2n) is 6.40. The maximum absolute atomic E-state index is 13.2. The molecule has 0 spiro atoms. The minimum Gasteiger partial charge on any atom is -0.344 e. The lowest BCUT2D eigenvalue weighted by Crippen LogP contribution is -2.47. The smallest absolute Gasteiger partial charge is 0.229 e. The fraction of sp³-hybridized carbons (Fsp3) is 0.200. The largest absolute Gasteiger partial charge is 0.344 e. The van der Waals surface area contributed by atoms with Crippen LogP contribution in [0.25, 0.3) is 0 Å². The van der Waals surface area contributed by atoms with Crippen molar-refractivity contribution >= 4 is 35.0 Å². The van der Waals surface area contributed by atoms with Crippen molar-refractivity contribution in [3.8, 4) is 6.07 Å². The molecule has 2 aromatic rings. The Morgan fingerprint density at radius 1 is 1.22 bits per heavy atom. The van der Waals surface area contributed by atoms with Gasteiger partial charge in [0.2, 0.25) is 5.91 Å². The van der Waals surface area contributed by atoms with Crippen LogP contribution in [0.5, 0.6) is 0 Å². The molecule has 0 saturated carbocycles. The molecule has 1 fully saturated rings. The average molecular weight is 400 g/mol. The van der Waals surface area contributed by atoms with Gasteiger partial charge in [0.25, 0.3) is 0 Å². The Hall–Kier alpha value is -2.49. The number of anilines is 1. The van der Waals surface area contributed by atoms with Crippen LogP contribution in [0.2, 0.25) is 5.02 Å². The average Bonchev–Trinajstić information content (AvgIpc) is 2.68. The molecule has 2 aliphatic heterocycles. The van der Waals surface area contributed by atoms with Crippen molar-refractivity contribution in [2.24, 2.45) is 0 Å². The Balaban J connectivity index is 1.66. The van der Waals surface area contributed by atoms with Crippen molar-refractivity contribution in [3.63, 3.8) is 0 Å². The van der Waals surface area contributed by atoms with Gasteiger partial charge in [-0.1, -0.05) is 41.6 Å². The van der Waals surface area contributed by atoms with Gasteiger partial charge in [-0.05, 0) is 35.9 Å². The van der Waals surface area contributed by atoms with E-state index >= 15 is 0 Å². The van der Waals surface area contributed by atoms with Crippen LogP contribution in [0.4, 0.5) is 10.1 Å². The molecule has 7 heteroatoms. The van der Waals surface area contributed by atoms with E-state index < -0.39 is 0 Å². The van der Waals surface area contributed by atoms with Crippen molar-refractivity contribution in [2.45, 2.75) is 12.3 Å². The number of benzene rings is 2. The number of allylic oxidation sites excluding steroid dienone is 1. The van der Waals surface area contributed by atoms with Gasteiger partial charge >= 0.3 is 0 Å². The zero-order valence-corrected chi connectivity index (χ0v) is 15.8. The van der Waals surface area contributed by atoms with Gasteiger partial charge in [-0.2, -0.15) is 5.26 Å². The summed E-state index contributed by atoms with van der Waals surface area (Å²) >= 11 is 7.55. The third kappa shape index (κ3) is 3.41. The van der Waals surface area contributed by atoms with E-state index in [0.717, 1.165) is 11.3 Å². The third-order valence-corrected chi connectivity index (χ3v) is 6.13. The van der Waals surface area contributed by atoms with Gasteiger partial charge in [-0.3, -0.25) is 9.69 Å². The first-order valence-electron chi connectivity index (χ1n) is 8.40. The number of rotatable bonds is 2. The Morgan fingerprint density at radius 2 is 2.00 bits per heavy atom. The van der Waals surface area contributed by atoms with Crippen LogP contribution >= 0.6 is 23.4 Å². The zero-order chi connectivity index (χ0) is 19.0. The molecule has 27 heavy (non-hydrogen) atoms. The van der Waals surface area contributed by atoms with Crippen molar-refractivity contribution in [3.05, 3.63) is 75.5 Å². The fourth-order valence-corrected chi connectivity index (χ4v) is 4.73. The lowest BCUT2D eigenvalue weighted by molar-refractivity contribution is -0.129. The van der Waals surface area contributed by atoms with E-state index in [0.29, 0.717) is 28.2 Å². The highest BCUT2D eigenvalue weighted by Crippen LogP contribution is 2.43. The Morgan fingerprint density at radius 3 is 2.70 bits per heavy atom. The predicted octanol–water partition coefficient (Wildman–Crippen LogP) is 4.70. The van der Waals surface area contributed by atoms with Crippen LogP contribution in [-0.2, 0) is 4.79 Å². The lowest BCUT2D eigenvalue weighted by atomic mass is 9.86. The van der Waals surface area contributed by atoms with Gasteiger partial charge in [-0.25, -0.2) is 4.39 Å². The minimum atomic E-state index is -0.335. The fourth-order valence-electron chi connectivity index (χ4n) is 3.38. The molecule has 0 radical (unpaired) electrons. The Bertz CT molecular complexity index is 970. The number of nitriles is 1. The Kier molecular flexibility index (Phi) is 4.81. The van der Waals surface area contributed by atoms with E-state index in [1.165, 1.54) is 23.9 Å². The van der Waals surface area contributed by atoms with Crippen LogP contribution in [0.1, 0.15) is 17.9 Å². The summed E-state index contributed by atoms with van der Waals surface area (Å²) in [6.07, 6.45) is 0.196. The van der Waals surface area contributed by atoms with Crippen LogP contribution in [0.15, 0.2) is 59.1 Å². The number of nitrogens with zero attached hydrogens (tertiary/aromatic N) is 3. The zero-order valence-electron chi connectivity index (χ0n) is 14.2. The number of halogens is 2. The predicted molar refractivity (Wildman–Crippen MR) is 104 cm³/mol. The molecule has 4 nitrogen and oxygen atoms in total. The lowest BCUT2D eigenvalue weighted by Gasteiger charge is -2.42. The van der Waals surface area contributed by atoms with Gasteiger partial charge in [0, 0.05) is 23.0 Å². The molecule has 0 aromatic heterocycles. The number of thioether (sulfide) groups is 1. The molecule has 2 aromatic carbocycles. The number of carbonyl (C=O) groups is 1. The van der Waals surface area contributed by atoms with Crippen LogP contribution in [0.3, 0.4) is 0 Å². The molecule has 0 unspecified atom stereocenters. The molecule has 0 bridgehead atoms. The molecule has 1 amide bonds. The summed E-state index contributed by atoms with van der Waals surface area (Å²) in [7, 11) is 0. The molecule has 1 saturated heterocycles.